The van der Waals surface area contributed by atoms with E-state index in [0.29, 0.717) is 12.3 Å². The van der Waals surface area contributed by atoms with Gasteiger partial charge in [0.25, 0.3) is 0 Å². The lowest BCUT2D eigenvalue weighted by atomic mass is 9.97. The molecule has 0 aromatic carbocycles. The second-order valence-electron chi connectivity index (χ2n) is 5.94. The highest BCUT2D eigenvalue weighted by Crippen LogP contribution is 2.40. The zero-order valence-corrected chi connectivity index (χ0v) is 12.7. The first-order chi connectivity index (χ1) is 9.58. The van der Waals surface area contributed by atoms with Gasteiger partial charge in [-0.25, -0.2) is 0 Å². The summed E-state index contributed by atoms with van der Waals surface area (Å²) in [6, 6.07) is 3.91. The third-order valence-electron chi connectivity index (χ3n) is 4.34. The molecule has 2 amide bonds. The van der Waals surface area contributed by atoms with Crippen LogP contribution in [0.1, 0.15) is 30.2 Å². The average molecular weight is 292 g/mol. The van der Waals surface area contributed by atoms with Gasteiger partial charge in [0.2, 0.25) is 11.8 Å². The maximum absolute atomic E-state index is 12.7. The van der Waals surface area contributed by atoms with Crippen LogP contribution in [0.25, 0.3) is 0 Å². The van der Waals surface area contributed by atoms with Crippen LogP contribution in [-0.4, -0.2) is 42.3 Å². The predicted molar refractivity (Wildman–Crippen MR) is 78.3 cm³/mol. The molecule has 5 heteroatoms. The van der Waals surface area contributed by atoms with Crippen molar-refractivity contribution in [3.63, 3.8) is 0 Å². The van der Waals surface area contributed by atoms with E-state index in [4.69, 9.17) is 0 Å². The van der Waals surface area contributed by atoms with Gasteiger partial charge in [0.05, 0.1) is 12.0 Å². The van der Waals surface area contributed by atoms with Crippen LogP contribution in [-0.2, 0) is 9.59 Å². The van der Waals surface area contributed by atoms with E-state index in [1.165, 1.54) is 12.8 Å². The number of nitrogens with zero attached hydrogens (tertiary/aromatic N) is 2. The summed E-state index contributed by atoms with van der Waals surface area (Å²) in [5.41, 5.74) is 0. The molecule has 0 unspecified atom stereocenters. The van der Waals surface area contributed by atoms with Gasteiger partial charge >= 0.3 is 0 Å². The molecule has 2 atom stereocenters. The fourth-order valence-electron chi connectivity index (χ4n) is 3.00. The molecular formula is C15H20N2O2S. The van der Waals surface area contributed by atoms with Gasteiger partial charge in [-0.2, -0.15) is 0 Å². The highest BCUT2D eigenvalue weighted by atomic mass is 32.1. The van der Waals surface area contributed by atoms with Gasteiger partial charge in [0, 0.05) is 31.9 Å². The van der Waals surface area contributed by atoms with Gasteiger partial charge in [-0.15, -0.1) is 11.3 Å². The molecule has 0 spiro atoms. The monoisotopic (exact) mass is 292 g/mol. The van der Waals surface area contributed by atoms with Crippen LogP contribution in [0.4, 0.5) is 0 Å². The van der Waals surface area contributed by atoms with Crippen molar-refractivity contribution in [2.75, 3.05) is 20.6 Å². The predicted octanol–water partition coefficient (Wildman–Crippen LogP) is 2.14. The van der Waals surface area contributed by atoms with Crippen molar-refractivity contribution < 1.29 is 9.59 Å². The molecule has 2 aliphatic rings. The molecule has 1 aromatic rings. The van der Waals surface area contributed by atoms with Crippen LogP contribution in [0.2, 0.25) is 0 Å². The Balaban J connectivity index is 1.79. The molecule has 1 saturated heterocycles. The lowest BCUT2D eigenvalue weighted by Gasteiger charge is -2.27. The van der Waals surface area contributed by atoms with Gasteiger partial charge in [0.15, 0.2) is 0 Å². The van der Waals surface area contributed by atoms with Gasteiger partial charge in [0.1, 0.15) is 0 Å². The maximum Gasteiger partial charge on any atom is 0.228 e. The summed E-state index contributed by atoms with van der Waals surface area (Å²) < 4.78 is 0. The molecule has 0 bridgehead atoms. The minimum Gasteiger partial charge on any atom is -0.345 e. The smallest absolute Gasteiger partial charge is 0.228 e. The maximum atomic E-state index is 12.7. The van der Waals surface area contributed by atoms with E-state index in [1.54, 1.807) is 23.3 Å². The Morgan fingerprint density at radius 2 is 2.25 bits per heavy atom. The Morgan fingerprint density at radius 1 is 1.50 bits per heavy atom. The number of likely N-dealkylation sites (tertiary alicyclic amines) is 1. The molecule has 20 heavy (non-hydrogen) atoms. The highest BCUT2D eigenvalue weighted by molar-refractivity contribution is 7.10. The van der Waals surface area contributed by atoms with Crippen molar-refractivity contribution >= 4 is 23.2 Å². The number of rotatable bonds is 4. The Labute approximate surface area is 123 Å². The summed E-state index contributed by atoms with van der Waals surface area (Å²) in [4.78, 5) is 29.3. The summed E-state index contributed by atoms with van der Waals surface area (Å²) in [5.74, 6) is 0.642. The van der Waals surface area contributed by atoms with Crippen molar-refractivity contribution in [1.29, 1.82) is 0 Å². The highest BCUT2D eigenvalue weighted by Gasteiger charge is 2.44. The Hall–Kier alpha value is -1.36. The first-order valence-corrected chi connectivity index (χ1v) is 8.00. The minimum atomic E-state index is -0.227. The summed E-state index contributed by atoms with van der Waals surface area (Å²) in [7, 11) is 3.68. The third-order valence-corrected chi connectivity index (χ3v) is 5.29. The molecule has 1 aliphatic heterocycles. The van der Waals surface area contributed by atoms with Crippen molar-refractivity contribution in [1.82, 2.24) is 9.80 Å². The average Bonchev–Trinajstić information content (AvgIpc) is 2.97. The zero-order chi connectivity index (χ0) is 14.3. The normalized spacial score (nSPS) is 26.1. The van der Waals surface area contributed by atoms with Crippen LogP contribution in [0.3, 0.4) is 0 Å². The SMILES string of the molecule is CN(CC1CC1)C(=O)[C@@H]1CC(=O)N(C)[C@H]1c1cccs1. The minimum absolute atomic E-state index is 0.0709. The van der Waals surface area contributed by atoms with E-state index in [0.717, 1.165) is 11.4 Å². The van der Waals surface area contributed by atoms with E-state index in [2.05, 4.69) is 0 Å². The summed E-state index contributed by atoms with van der Waals surface area (Å²) in [6.07, 6.45) is 2.80. The zero-order valence-electron chi connectivity index (χ0n) is 11.9. The van der Waals surface area contributed by atoms with E-state index in [1.807, 2.05) is 29.5 Å². The second kappa shape index (κ2) is 5.20. The molecule has 0 N–H and O–H groups in total. The van der Waals surface area contributed by atoms with E-state index >= 15 is 0 Å². The molecule has 2 fully saturated rings. The molecule has 1 saturated carbocycles. The van der Waals surface area contributed by atoms with E-state index in [-0.39, 0.29) is 23.8 Å². The van der Waals surface area contributed by atoms with Crippen LogP contribution in [0, 0.1) is 11.8 Å². The molecule has 1 aromatic heterocycles. The number of carbonyl (C=O) groups excluding carboxylic acids is 2. The van der Waals surface area contributed by atoms with Gasteiger partial charge in [-0.05, 0) is 30.2 Å². The van der Waals surface area contributed by atoms with E-state index in [9.17, 15) is 9.59 Å². The second-order valence-corrected chi connectivity index (χ2v) is 6.92. The lowest BCUT2D eigenvalue weighted by molar-refractivity contribution is -0.135. The summed E-state index contributed by atoms with van der Waals surface area (Å²) >= 11 is 1.62. The standard InChI is InChI=1S/C15H20N2O2S/c1-16(9-10-5-6-10)15(19)11-8-13(18)17(2)14(11)12-4-3-7-20-12/h3-4,7,10-11,14H,5-6,8-9H2,1-2H3/t11-,14-/m1/s1. The van der Waals surface area contributed by atoms with Crippen LogP contribution >= 0.6 is 11.3 Å². The molecule has 0 radical (unpaired) electrons. The Bertz CT molecular complexity index is 510. The van der Waals surface area contributed by atoms with Gasteiger partial charge < -0.3 is 9.80 Å². The Morgan fingerprint density at radius 3 is 2.85 bits per heavy atom. The molecular weight excluding hydrogens is 272 g/mol. The van der Waals surface area contributed by atoms with Crippen molar-refractivity contribution in [3.8, 4) is 0 Å². The van der Waals surface area contributed by atoms with Crippen LogP contribution < -0.4 is 0 Å². The number of hydrogen-bond donors (Lipinski definition) is 0. The van der Waals surface area contributed by atoms with Crippen molar-refractivity contribution in [2.45, 2.75) is 25.3 Å². The van der Waals surface area contributed by atoms with Gasteiger partial charge in [-0.3, -0.25) is 9.59 Å². The number of amides is 2. The molecule has 108 valence electrons. The van der Waals surface area contributed by atoms with E-state index < -0.39 is 0 Å². The van der Waals surface area contributed by atoms with Crippen molar-refractivity contribution in [2.24, 2.45) is 11.8 Å². The van der Waals surface area contributed by atoms with Gasteiger partial charge in [-0.1, -0.05) is 6.07 Å². The lowest BCUT2D eigenvalue weighted by Crippen LogP contribution is -2.36. The first kappa shape index (κ1) is 13.6. The number of carbonyl (C=O) groups is 2. The quantitative estimate of drug-likeness (QED) is 0.853. The van der Waals surface area contributed by atoms with Crippen molar-refractivity contribution in [3.05, 3.63) is 22.4 Å². The fourth-order valence-corrected chi connectivity index (χ4v) is 3.93. The first-order valence-electron chi connectivity index (χ1n) is 7.12. The van der Waals surface area contributed by atoms with Crippen LogP contribution in [0.15, 0.2) is 17.5 Å². The summed E-state index contributed by atoms with van der Waals surface area (Å²) in [6.45, 7) is 0.838. The molecule has 1 aliphatic carbocycles. The number of hydrogen-bond acceptors (Lipinski definition) is 3. The molecule has 4 nitrogen and oxygen atoms in total. The Kier molecular flexibility index (Phi) is 3.54. The largest absolute Gasteiger partial charge is 0.345 e. The number of thiophene rings is 1. The molecule has 3 rings (SSSR count). The fraction of sp³-hybridized carbons (Fsp3) is 0.600. The molecule has 2 heterocycles. The summed E-state index contributed by atoms with van der Waals surface area (Å²) in [5, 5.41) is 2.00. The van der Waals surface area contributed by atoms with Crippen LogP contribution in [0.5, 0.6) is 0 Å². The third kappa shape index (κ3) is 2.46. The topological polar surface area (TPSA) is 40.6 Å².